The molecule has 0 radical (unpaired) electrons. The van der Waals surface area contributed by atoms with Crippen molar-refractivity contribution in [2.24, 2.45) is 5.92 Å². The second-order valence-electron chi connectivity index (χ2n) is 4.36. The third-order valence-corrected chi connectivity index (χ3v) is 4.28. The molecule has 0 bridgehead atoms. The second kappa shape index (κ2) is 5.61. The number of aromatic nitrogens is 1. The Morgan fingerprint density at radius 1 is 1.25 bits per heavy atom. The lowest BCUT2D eigenvalue weighted by Crippen LogP contribution is -2.17. The van der Waals surface area contributed by atoms with Gasteiger partial charge in [0.15, 0.2) is 0 Å². The maximum absolute atomic E-state index is 10.3. The maximum atomic E-state index is 10.3. The van der Waals surface area contributed by atoms with Gasteiger partial charge in [-0.25, -0.2) is 0 Å². The lowest BCUT2D eigenvalue weighted by molar-refractivity contribution is 0.0805. The van der Waals surface area contributed by atoms with E-state index in [0.717, 1.165) is 27.5 Å². The van der Waals surface area contributed by atoms with E-state index in [2.05, 4.69) is 36.8 Å². The number of hydrogen-bond donors (Lipinski definition) is 1. The SMILES string of the molecule is OC(c1ncc(Br)cc1Br)C1CCCCC1. The summed E-state index contributed by atoms with van der Waals surface area (Å²) in [5.74, 6) is 0.374. The van der Waals surface area contributed by atoms with Gasteiger partial charge in [-0.05, 0) is 56.7 Å². The molecule has 0 aliphatic heterocycles. The van der Waals surface area contributed by atoms with Gasteiger partial charge in [0.1, 0.15) is 0 Å². The molecule has 0 saturated heterocycles. The van der Waals surface area contributed by atoms with E-state index in [1.165, 1.54) is 19.3 Å². The maximum Gasteiger partial charge on any atom is 0.0999 e. The summed E-state index contributed by atoms with van der Waals surface area (Å²) in [4.78, 5) is 4.31. The van der Waals surface area contributed by atoms with Crippen LogP contribution in [0.25, 0.3) is 0 Å². The lowest BCUT2D eigenvalue weighted by Gasteiger charge is -2.26. The number of pyridine rings is 1. The minimum atomic E-state index is -0.428. The first-order valence-corrected chi connectivity index (χ1v) is 7.26. The van der Waals surface area contributed by atoms with E-state index in [1.54, 1.807) is 6.20 Å². The molecule has 1 N–H and O–H groups in total. The molecular weight excluding hydrogens is 334 g/mol. The van der Waals surface area contributed by atoms with Gasteiger partial charge in [-0.3, -0.25) is 4.98 Å². The normalized spacial score (nSPS) is 19.7. The fraction of sp³-hybridized carbons (Fsp3) is 0.583. The molecule has 1 aromatic heterocycles. The van der Waals surface area contributed by atoms with Crippen molar-refractivity contribution in [2.45, 2.75) is 38.2 Å². The second-order valence-corrected chi connectivity index (χ2v) is 6.13. The highest BCUT2D eigenvalue weighted by molar-refractivity contribution is 9.11. The predicted molar refractivity (Wildman–Crippen MR) is 71.2 cm³/mol. The summed E-state index contributed by atoms with van der Waals surface area (Å²) >= 11 is 6.83. The van der Waals surface area contributed by atoms with E-state index in [-0.39, 0.29) is 0 Å². The first-order chi connectivity index (χ1) is 7.68. The van der Waals surface area contributed by atoms with Crippen molar-refractivity contribution in [3.05, 3.63) is 26.9 Å². The summed E-state index contributed by atoms with van der Waals surface area (Å²) in [5.41, 5.74) is 0.773. The summed E-state index contributed by atoms with van der Waals surface area (Å²) in [6, 6.07) is 1.94. The zero-order valence-corrected chi connectivity index (χ0v) is 12.2. The Labute approximate surface area is 113 Å². The average molecular weight is 349 g/mol. The number of aliphatic hydroxyl groups is 1. The van der Waals surface area contributed by atoms with E-state index in [1.807, 2.05) is 6.07 Å². The number of rotatable bonds is 2. The number of aliphatic hydroxyl groups excluding tert-OH is 1. The minimum absolute atomic E-state index is 0.374. The average Bonchev–Trinajstić information content (AvgIpc) is 2.29. The summed E-state index contributed by atoms with van der Waals surface area (Å²) in [6.07, 6.45) is 7.31. The molecule has 2 rings (SSSR count). The monoisotopic (exact) mass is 347 g/mol. The zero-order chi connectivity index (χ0) is 11.5. The Hall–Kier alpha value is 0.0700. The highest BCUT2D eigenvalue weighted by Gasteiger charge is 2.25. The molecule has 1 saturated carbocycles. The molecule has 88 valence electrons. The van der Waals surface area contributed by atoms with E-state index >= 15 is 0 Å². The van der Waals surface area contributed by atoms with E-state index in [9.17, 15) is 5.11 Å². The molecular formula is C12H15Br2NO. The summed E-state index contributed by atoms with van der Waals surface area (Å²) < 4.78 is 1.82. The molecule has 1 aliphatic carbocycles. The molecule has 1 heterocycles. The molecule has 16 heavy (non-hydrogen) atoms. The molecule has 0 spiro atoms. The van der Waals surface area contributed by atoms with E-state index < -0.39 is 6.10 Å². The van der Waals surface area contributed by atoms with Gasteiger partial charge >= 0.3 is 0 Å². The van der Waals surface area contributed by atoms with Crippen molar-refractivity contribution >= 4 is 31.9 Å². The molecule has 1 unspecified atom stereocenters. The molecule has 2 nitrogen and oxygen atoms in total. The molecule has 0 amide bonds. The standard InChI is InChI=1S/C12H15Br2NO/c13-9-6-10(14)11(15-7-9)12(16)8-4-2-1-3-5-8/h6-8,12,16H,1-5H2. The lowest BCUT2D eigenvalue weighted by atomic mass is 9.84. The molecule has 1 fully saturated rings. The van der Waals surface area contributed by atoms with Crippen LogP contribution < -0.4 is 0 Å². The van der Waals surface area contributed by atoms with Gasteiger partial charge in [-0.1, -0.05) is 19.3 Å². The van der Waals surface area contributed by atoms with Gasteiger partial charge in [0.25, 0.3) is 0 Å². The van der Waals surface area contributed by atoms with Crippen LogP contribution in [0.4, 0.5) is 0 Å². The summed E-state index contributed by atoms with van der Waals surface area (Å²) in [7, 11) is 0. The van der Waals surface area contributed by atoms with Crippen LogP contribution in [0.1, 0.15) is 43.9 Å². The van der Waals surface area contributed by atoms with Crippen LogP contribution in [0.3, 0.4) is 0 Å². The Kier molecular flexibility index (Phi) is 4.39. The van der Waals surface area contributed by atoms with E-state index in [0.29, 0.717) is 5.92 Å². The fourth-order valence-corrected chi connectivity index (χ4v) is 3.54. The van der Waals surface area contributed by atoms with Crippen LogP contribution in [-0.2, 0) is 0 Å². The smallest absolute Gasteiger partial charge is 0.0999 e. The molecule has 1 aromatic rings. The number of nitrogens with zero attached hydrogens (tertiary/aromatic N) is 1. The van der Waals surface area contributed by atoms with Crippen LogP contribution in [0.15, 0.2) is 21.2 Å². The first-order valence-electron chi connectivity index (χ1n) is 5.67. The Morgan fingerprint density at radius 3 is 2.56 bits per heavy atom. The third kappa shape index (κ3) is 2.84. The van der Waals surface area contributed by atoms with Crippen molar-refractivity contribution in [2.75, 3.05) is 0 Å². The Bertz CT molecular complexity index is 364. The minimum Gasteiger partial charge on any atom is -0.386 e. The van der Waals surface area contributed by atoms with Crippen molar-refractivity contribution in [3.63, 3.8) is 0 Å². The van der Waals surface area contributed by atoms with Gasteiger partial charge < -0.3 is 5.11 Å². The topological polar surface area (TPSA) is 33.1 Å². The third-order valence-electron chi connectivity index (χ3n) is 3.21. The van der Waals surface area contributed by atoms with Gasteiger partial charge in [0.05, 0.1) is 11.8 Å². The predicted octanol–water partition coefficient (Wildman–Crippen LogP) is 4.22. The van der Waals surface area contributed by atoms with E-state index in [4.69, 9.17) is 0 Å². The molecule has 1 aliphatic rings. The van der Waals surface area contributed by atoms with Gasteiger partial charge in [0.2, 0.25) is 0 Å². The van der Waals surface area contributed by atoms with Crippen molar-refractivity contribution in [1.82, 2.24) is 4.98 Å². The molecule has 0 aromatic carbocycles. The van der Waals surface area contributed by atoms with Gasteiger partial charge in [-0.15, -0.1) is 0 Å². The Morgan fingerprint density at radius 2 is 1.94 bits per heavy atom. The highest BCUT2D eigenvalue weighted by Crippen LogP contribution is 2.36. The molecule has 4 heteroatoms. The van der Waals surface area contributed by atoms with Crippen molar-refractivity contribution in [3.8, 4) is 0 Å². The van der Waals surface area contributed by atoms with Crippen LogP contribution in [0.2, 0.25) is 0 Å². The molecule has 1 atom stereocenters. The van der Waals surface area contributed by atoms with Crippen LogP contribution in [-0.4, -0.2) is 10.1 Å². The fourth-order valence-electron chi connectivity index (χ4n) is 2.32. The Balaban J connectivity index is 2.15. The number of hydrogen-bond acceptors (Lipinski definition) is 2. The van der Waals surface area contributed by atoms with Gasteiger partial charge in [-0.2, -0.15) is 0 Å². The largest absolute Gasteiger partial charge is 0.386 e. The zero-order valence-electron chi connectivity index (χ0n) is 9.00. The quantitative estimate of drug-likeness (QED) is 0.867. The summed E-state index contributed by atoms with van der Waals surface area (Å²) in [6.45, 7) is 0. The van der Waals surface area contributed by atoms with Crippen molar-refractivity contribution in [1.29, 1.82) is 0 Å². The van der Waals surface area contributed by atoms with Crippen molar-refractivity contribution < 1.29 is 5.11 Å². The van der Waals surface area contributed by atoms with Crippen LogP contribution >= 0.6 is 31.9 Å². The number of halogens is 2. The van der Waals surface area contributed by atoms with Crippen LogP contribution in [0.5, 0.6) is 0 Å². The highest BCUT2D eigenvalue weighted by atomic mass is 79.9. The van der Waals surface area contributed by atoms with Gasteiger partial charge in [0, 0.05) is 15.1 Å². The first kappa shape index (κ1) is 12.5. The van der Waals surface area contributed by atoms with Crippen LogP contribution in [0, 0.1) is 5.92 Å². The summed E-state index contributed by atoms with van der Waals surface area (Å²) in [5, 5.41) is 10.3.